The van der Waals surface area contributed by atoms with Crippen molar-refractivity contribution >= 4 is 16.8 Å². The molecule has 2 heterocycles. The quantitative estimate of drug-likeness (QED) is 0.873. The molecule has 1 saturated heterocycles. The van der Waals surface area contributed by atoms with Crippen LogP contribution in [0.15, 0.2) is 30.3 Å². The first-order valence-electron chi connectivity index (χ1n) is 6.59. The summed E-state index contributed by atoms with van der Waals surface area (Å²) >= 11 is 0. The molecule has 2 aromatic rings. The second kappa shape index (κ2) is 4.97. The lowest BCUT2D eigenvalue weighted by molar-refractivity contribution is 0.0943. The number of carbonyl (C=O) groups is 1. The van der Waals surface area contributed by atoms with Crippen molar-refractivity contribution in [2.45, 2.75) is 6.92 Å². The van der Waals surface area contributed by atoms with Gasteiger partial charge < -0.3 is 10.6 Å². The third-order valence-electron chi connectivity index (χ3n) is 3.51. The number of nitrogens with zero attached hydrogens (tertiary/aromatic N) is 1. The molecule has 1 amide bonds. The van der Waals surface area contributed by atoms with E-state index in [2.05, 4.69) is 15.6 Å². The molecule has 0 spiro atoms. The second-order valence-electron chi connectivity index (χ2n) is 5.06. The number of fused-ring (bicyclic) bond motifs is 1. The van der Waals surface area contributed by atoms with Crippen molar-refractivity contribution in [2.24, 2.45) is 5.92 Å². The molecular weight excluding hydrogens is 238 g/mol. The maximum atomic E-state index is 12.3. The standard InChI is InChI=1S/C15H17N3O/c1-10-6-13(12-4-2-3-5-14(12)18-10)15(19)17-9-11-7-16-8-11/h2-6,11,16H,7-9H2,1H3,(H,17,19). The minimum Gasteiger partial charge on any atom is -0.352 e. The van der Waals surface area contributed by atoms with Crippen LogP contribution in [0.1, 0.15) is 16.1 Å². The largest absolute Gasteiger partial charge is 0.352 e. The van der Waals surface area contributed by atoms with Gasteiger partial charge in [0, 0.05) is 36.6 Å². The van der Waals surface area contributed by atoms with Gasteiger partial charge in [0.1, 0.15) is 0 Å². The lowest BCUT2D eigenvalue weighted by Crippen LogP contribution is -2.48. The number of pyridine rings is 1. The molecule has 1 aliphatic rings. The molecule has 4 nitrogen and oxygen atoms in total. The van der Waals surface area contributed by atoms with Crippen molar-refractivity contribution in [3.8, 4) is 0 Å². The van der Waals surface area contributed by atoms with E-state index < -0.39 is 0 Å². The zero-order valence-corrected chi connectivity index (χ0v) is 10.9. The topological polar surface area (TPSA) is 54.0 Å². The van der Waals surface area contributed by atoms with Gasteiger partial charge in [-0.05, 0) is 19.1 Å². The summed E-state index contributed by atoms with van der Waals surface area (Å²) in [5.41, 5.74) is 2.46. The van der Waals surface area contributed by atoms with Crippen molar-refractivity contribution in [1.29, 1.82) is 0 Å². The Morgan fingerprint density at radius 3 is 2.95 bits per heavy atom. The maximum absolute atomic E-state index is 12.3. The van der Waals surface area contributed by atoms with Gasteiger partial charge in [-0.15, -0.1) is 0 Å². The fraction of sp³-hybridized carbons (Fsp3) is 0.333. The van der Waals surface area contributed by atoms with Gasteiger partial charge in [-0.1, -0.05) is 18.2 Å². The summed E-state index contributed by atoms with van der Waals surface area (Å²) in [4.78, 5) is 16.7. The molecule has 0 saturated carbocycles. The van der Waals surface area contributed by atoms with E-state index in [4.69, 9.17) is 0 Å². The van der Waals surface area contributed by atoms with Crippen molar-refractivity contribution < 1.29 is 4.79 Å². The normalized spacial score (nSPS) is 15.2. The zero-order chi connectivity index (χ0) is 13.2. The van der Waals surface area contributed by atoms with E-state index in [-0.39, 0.29) is 5.91 Å². The van der Waals surface area contributed by atoms with E-state index in [1.165, 1.54) is 0 Å². The molecule has 98 valence electrons. The van der Waals surface area contributed by atoms with Gasteiger partial charge >= 0.3 is 0 Å². The van der Waals surface area contributed by atoms with Crippen molar-refractivity contribution in [1.82, 2.24) is 15.6 Å². The third kappa shape index (κ3) is 2.44. The van der Waals surface area contributed by atoms with Crippen molar-refractivity contribution in [2.75, 3.05) is 19.6 Å². The van der Waals surface area contributed by atoms with Gasteiger partial charge in [-0.25, -0.2) is 0 Å². The Bertz CT molecular complexity index is 620. The third-order valence-corrected chi connectivity index (χ3v) is 3.51. The molecule has 1 aromatic heterocycles. The van der Waals surface area contributed by atoms with Gasteiger partial charge in [-0.3, -0.25) is 9.78 Å². The number of aromatic nitrogens is 1. The average molecular weight is 255 g/mol. The summed E-state index contributed by atoms with van der Waals surface area (Å²) < 4.78 is 0. The van der Waals surface area contributed by atoms with E-state index in [1.54, 1.807) is 0 Å². The van der Waals surface area contributed by atoms with Crippen LogP contribution in [0.4, 0.5) is 0 Å². The van der Waals surface area contributed by atoms with Crippen LogP contribution in [0.25, 0.3) is 10.9 Å². The predicted octanol–water partition coefficient (Wildman–Crippen LogP) is 1.49. The highest BCUT2D eigenvalue weighted by atomic mass is 16.1. The van der Waals surface area contributed by atoms with Crippen LogP contribution in [0.5, 0.6) is 0 Å². The summed E-state index contributed by atoms with van der Waals surface area (Å²) in [7, 11) is 0. The molecule has 3 rings (SSSR count). The number of amides is 1. The van der Waals surface area contributed by atoms with Gasteiger partial charge in [0.15, 0.2) is 0 Å². The van der Waals surface area contributed by atoms with Crippen LogP contribution < -0.4 is 10.6 Å². The number of hydrogen-bond donors (Lipinski definition) is 2. The number of para-hydroxylation sites is 1. The van der Waals surface area contributed by atoms with E-state index in [0.717, 1.165) is 41.8 Å². The number of hydrogen-bond acceptors (Lipinski definition) is 3. The SMILES string of the molecule is Cc1cc(C(=O)NCC2CNC2)c2ccccc2n1. The highest BCUT2D eigenvalue weighted by Crippen LogP contribution is 2.18. The maximum Gasteiger partial charge on any atom is 0.252 e. The molecule has 0 atom stereocenters. The highest BCUT2D eigenvalue weighted by molar-refractivity contribution is 6.06. The highest BCUT2D eigenvalue weighted by Gasteiger charge is 2.18. The molecule has 1 aromatic carbocycles. The van der Waals surface area contributed by atoms with Crippen LogP contribution in [0.3, 0.4) is 0 Å². The van der Waals surface area contributed by atoms with Crippen LogP contribution in [-0.2, 0) is 0 Å². The second-order valence-corrected chi connectivity index (χ2v) is 5.06. The van der Waals surface area contributed by atoms with Crippen LogP contribution in [0, 0.1) is 12.8 Å². The number of benzene rings is 1. The summed E-state index contributed by atoms with van der Waals surface area (Å²) in [6.07, 6.45) is 0. The molecule has 1 aliphatic heterocycles. The molecule has 19 heavy (non-hydrogen) atoms. The van der Waals surface area contributed by atoms with Gasteiger partial charge in [-0.2, -0.15) is 0 Å². The Morgan fingerprint density at radius 2 is 2.21 bits per heavy atom. The Kier molecular flexibility index (Phi) is 3.17. The number of carbonyl (C=O) groups excluding carboxylic acids is 1. The first kappa shape index (κ1) is 12.1. The number of aryl methyl sites for hydroxylation is 1. The molecule has 0 radical (unpaired) electrons. The van der Waals surface area contributed by atoms with E-state index in [1.807, 2.05) is 37.3 Å². The summed E-state index contributed by atoms with van der Waals surface area (Å²) in [6, 6.07) is 9.62. The summed E-state index contributed by atoms with van der Waals surface area (Å²) in [6.45, 7) is 4.65. The van der Waals surface area contributed by atoms with Gasteiger partial charge in [0.2, 0.25) is 0 Å². The fourth-order valence-corrected chi connectivity index (χ4v) is 2.32. The molecular formula is C15H17N3O. The molecule has 0 unspecified atom stereocenters. The molecule has 0 bridgehead atoms. The summed E-state index contributed by atoms with van der Waals surface area (Å²) in [5, 5.41) is 7.13. The van der Waals surface area contributed by atoms with E-state index >= 15 is 0 Å². The molecule has 1 fully saturated rings. The van der Waals surface area contributed by atoms with Crippen LogP contribution in [-0.4, -0.2) is 30.5 Å². The molecule has 2 N–H and O–H groups in total. The van der Waals surface area contributed by atoms with Gasteiger partial charge in [0.25, 0.3) is 5.91 Å². The van der Waals surface area contributed by atoms with E-state index in [0.29, 0.717) is 5.92 Å². The fourth-order valence-electron chi connectivity index (χ4n) is 2.32. The predicted molar refractivity (Wildman–Crippen MR) is 75.2 cm³/mol. The monoisotopic (exact) mass is 255 g/mol. The first-order chi connectivity index (χ1) is 9.24. The minimum atomic E-state index is -0.00593. The Balaban J connectivity index is 1.87. The Morgan fingerprint density at radius 1 is 1.42 bits per heavy atom. The van der Waals surface area contributed by atoms with Crippen molar-refractivity contribution in [3.63, 3.8) is 0 Å². The van der Waals surface area contributed by atoms with Gasteiger partial charge in [0.05, 0.1) is 11.1 Å². The lowest BCUT2D eigenvalue weighted by Gasteiger charge is -2.27. The van der Waals surface area contributed by atoms with E-state index in [9.17, 15) is 4.79 Å². The number of nitrogens with one attached hydrogen (secondary N) is 2. The lowest BCUT2D eigenvalue weighted by atomic mass is 10.0. The Labute approximate surface area is 112 Å². The minimum absolute atomic E-state index is 0.00593. The Hall–Kier alpha value is -1.94. The average Bonchev–Trinajstić information content (AvgIpc) is 2.35. The van der Waals surface area contributed by atoms with Crippen molar-refractivity contribution in [3.05, 3.63) is 41.6 Å². The first-order valence-corrected chi connectivity index (χ1v) is 6.59. The zero-order valence-electron chi connectivity index (χ0n) is 10.9. The van der Waals surface area contributed by atoms with Crippen LogP contribution in [0.2, 0.25) is 0 Å². The summed E-state index contributed by atoms with van der Waals surface area (Å²) in [5.74, 6) is 0.562. The smallest absolute Gasteiger partial charge is 0.252 e. The van der Waals surface area contributed by atoms with Crippen LogP contribution >= 0.6 is 0 Å². The molecule has 4 heteroatoms. The number of rotatable bonds is 3. The molecule has 0 aliphatic carbocycles.